The number of sulfonamides is 2. The van der Waals surface area contributed by atoms with E-state index in [2.05, 4.69) is 28.1 Å². The van der Waals surface area contributed by atoms with E-state index in [1.165, 1.54) is 32.2 Å². The van der Waals surface area contributed by atoms with Gasteiger partial charge in [-0.1, -0.05) is 19.8 Å². The van der Waals surface area contributed by atoms with Crippen LogP contribution in [0.5, 0.6) is 0 Å². The fraction of sp³-hybridized carbons (Fsp3) is 1.00. The molecule has 0 unspecified atom stereocenters. The highest BCUT2D eigenvalue weighted by molar-refractivity contribution is 8.13. The normalized spacial score (nSPS) is 14.8. The molecule has 0 aliphatic heterocycles. The molecule has 0 fully saturated rings. The van der Waals surface area contributed by atoms with Crippen LogP contribution in [0.1, 0.15) is 32.6 Å². The summed E-state index contributed by atoms with van der Waals surface area (Å²) >= 11 is 0. The number of hydrogen-bond acceptors (Lipinski definition) is 4. The lowest BCUT2D eigenvalue weighted by atomic mass is 10.2. The summed E-state index contributed by atoms with van der Waals surface area (Å²) in [6.07, 6.45) is -8.46. The van der Waals surface area contributed by atoms with Gasteiger partial charge in [0.25, 0.3) is 0 Å². The number of unbranched alkanes of at least 4 members (excludes halogenated alkanes) is 3. The van der Waals surface area contributed by atoms with Crippen molar-refractivity contribution in [2.75, 3.05) is 27.7 Å². The lowest BCUT2D eigenvalue weighted by Gasteiger charge is -2.31. The summed E-state index contributed by atoms with van der Waals surface area (Å²) in [6, 6.07) is 0. The van der Waals surface area contributed by atoms with Crippen molar-refractivity contribution in [3.8, 4) is 0 Å². The highest BCUT2D eigenvalue weighted by Crippen LogP contribution is 2.47. The summed E-state index contributed by atoms with van der Waals surface area (Å²) < 4.78 is 162. The van der Waals surface area contributed by atoms with Crippen LogP contribution in [0, 0.1) is 0 Å². The van der Waals surface area contributed by atoms with E-state index in [1.807, 2.05) is 0 Å². The molecule has 0 aliphatic carbocycles. The van der Waals surface area contributed by atoms with Gasteiger partial charge < -0.3 is 8.61 Å². The Morgan fingerprint density at radius 1 is 0.645 bits per heavy atom. The van der Waals surface area contributed by atoms with E-state index in [0.717, 1.165) is 4.48 Å². The van der Waals surface area contributed by atoms with Crippen LogP contribution >= 0.6 is 0 Å². The molecule has 0 N–H and O–H groups in total. The average molecular weight is 524 g/mol. The van der Waals surface area contributed by atoms with E-state index in [-0.39, 0.29) is 0 Å². The quantitative estimate of drug-likeness (QED) is 0.251. The summed E-state index contributed by atoms with van der Waals surface area (Å²) in [7, 11) is -8.47. The molecule has 0 radical (unpaired) electrons. The maximum absolute atomic E-state index is 12.3. The van der Waals surface area contributed by atoms with Gasteiger partial charge in [0, 0.05) is 0 Å². The second-order valence-corrected chi connectivity index (χ2v) is 10.7. The molecule has 190 valence electrons. The van der Waals surface area contributed by atoms with Gasteiger partial charge in [-0.15, -0.1) is 0 Å². The Bertz CT molecular complexity index is 716. The maximum Gasteiger partial charge on any atom is 0.467 e. The van der Waals surface area contributed by atoms with Gasteiger partial charge in [0.05, 0.1) is 27.7 Å². The van der Waals surface area contributed by atoms with Crippen molar-refractivity contribution in [1.82, 2.24) is 0 Å². The average Bonchev–Trinajstić information content (AvgIpc) is 2.47. The van der Waals surface area contributed by atoms with Gasteiger partial charge in [0.1, 0.15) is 0 Å². The molecule has 0 aromatic heterocycles. The molecular weight excluding hydrogens is 502 g/mol. The van der Waals surface area contributed by atoms with Crippen LogP contribution in [0.3, 0.4) is 0 Å². The predicted octanol–water partition coefficient (Wildman–Crippen LogP) is 4.60. The molecule has 0 atom stereocenters. The van der Waals surface area contributed by atoms with Crippen LogP contribution in [0.25, 0.3) is 4.13 Å². The molecule has 0 aromatic rings. The van der Waals surface area contributed by atoms with Crippen LogP contribution in [-0.2, 0) is 20.0 Å². The lowest BCUT2D eigenvalue weighted by Crippen LogP contribution is -2.48. The fourth-order valence-electron chi connectivity index (χ4n) is 1.53. The molecule has 18 heteroatoms. The number of nitrogens with zero attached hydrogens (tertiary/aromatic N) is 2. The van der Waals surface area contributed by atoms with E-state index < -0.39 is 42.9 Å². The van der Waals surface area contributed by atoms with Gasteiger partial charge in [-0.25, -0.2) is 16.8 Å². The number of halogens is 10. The summed E-state index contributed by atoms with van der Waals surface area (Å²) in [5.41, 5.74) is 0. The van der Waals surface area contributed by atoms with Crippen LogP contribution in [-0.4, -0.2) is 71.9 Å². The number of hydrogen-bond donors (Lipinski definition) is 0. The Hall–Kier alpha value is -0.880. The van der Waals surface area contributed by atoms with Gasteiger partial charge in [0.15, 0.2) is 20.0 Å². The topological polar surface area (TPSA) is 82.4 Å². The largest absolute Gasteiger partial charge is 0.467 e. The minimum absolute atomic E-state index is 0.422. The number of quaternary nitrogens is 1. The molecule has 0 aliphatic rings. The summed E-state index contributed by atoms with van der Waals surface area (Å²) in [5.74, 6) is 0. The summed E-state index contributed by atoms with van der Waals surface area (Å²) in [4.78, 5) is 0. The summed E-state index contributed by atoms with van der Waals surface area (Å²) in [6.45, 7) is 3.58. The van der Waals surface area contributed by atoms with Crippen molar-refractivity contribution in [3.63, 3.8) is 0 Å². The zero-order valence-electron chi connectivity index (χ0n) is 16.7. The zero-order valence-corrected chi connectivity index (χ0v) is 18.3. The van der Waals surface area contributed by atoms with Crippen molar-refractivity contribution >= 4 is 20.0 Å². The molecule has 0 amide bonds. The smallest absolute Gasteiger partial charge is 0.425 e. The van der Waals surface area contributed by atoms with Crippen molar-refractivity contribution in [1.29, 1.82) is 0 Å². The first-order valence-corrected chi connectivity index (χ1v) is 11.1. The van der Waals surface area contributed by atoms with Crippen LogP contribution < -0.4 is 0 Å². The Labute approximate surface area is 173 Å². The van der Waals surface area contributed by atoms with E-state index in [1.54, 1.807) is 0 Å². The Kier molecular flexibility index (Phi) is 10.8. The first-order valence-electron chi connectivity index (χ1n) is 8.19. The minimum atomic E-state index is -7.62. The van der Waals surface area contributed by atoms with Crippen molar-refractivity contribution < 1.29 is 65.2 Å². The highest BCUT2D eigenvalue weighted by atomic mass is 32.3. The first kappa shape index (κ1) is 32.3. The van der Waals surface area contributed by atoms with Gasteiger partial charge >= 0.3 is 22.9 Å². The third-order valence-corrected chi connectivity index (χ3v) is 6.52. The molecule has 6 nitrogen and oxygen atoms in total. The van der Waals surface area contributed by atoms with Crippen molar-refractivity contribution in [3.05, 3.63) is 4.13 Å². The molecule has 0 bridgehead atoms. The minimum Gasteiger partial charge on any atom is -0.425 e. The van der Waals surface area contributed by atoms with Gasteiger partial charge in [-0.2, -0.15) is 43.9 Å². The van der Waals surface area contributed by atoms with Gasteiger partial charge in [-0.05, 0) is 12.8 Å². The van der Waals surface area contributed by atoms with E-state index >= 15 is 0 Å². The monoisotopic (exact) mass is 524 g/mol. The number of alkyl halides is 10. The van der Waals surface area contributed by atoms with Gasteiger partial charge in [0.2, 0.25) is 0 Å². The van der Waals surface area contributed by atoms with Crippen LogP contribution in [0.2, 0.25) is 0 Å². The van der Waals surface area contributed by atoms with Gasteiger partial charge in [-0.3, -0.25) is 0 Å². The fourth-order valence-corrected chi connectivity index (χ4v) is 3.90. The lowest BCUT2D eigenvalue weighted by molar-refractivity contribution is -0.870. The second kappa shape index (κ2) is 10.4. The maximum atomic E-state index is 12.3. The third kappa shape index (κ3) is 9.25. The molecular formula is C13H22F10N2O4S2. The molecule has 31 heavy (non-hydrogen) atoms. The SMILES string of the molecule is CCCCCC[N+](C)(C)C.O=S(=O)([N-]S(=O)(=O)C(F)(F)C(F)(F)F)C(F)(F)C(F)(F)F. The Morgan fingerprint density at radius 2 is 0.968 bits per heavy atom. The van der Waals surface area contributed by atoms with Crippen LogP contribution in [0.15, 0.2) is 0 Å². The molecule has 0 saturated heterocycles. The van der Waals surface area contributed by atoms with Crippen LogP contribution in [0.4, 0.5) is 43.9 Å². The molecule has 0 rings (SSSR count). The van der Waals surface area contributed by atoms with Crippen molar-refractivity contribution in [2.24, 2.45) is 0 Å². The van der Waals surface area contributed by atoms with E-state index in [0.29, 0.717) is 4.13 Å². The Balaban J connectivity index is 0. The highest BCUT2D eigenvalue weighted by Gasteiger charge is 2.68. The zero-order chi connectivity index (χ0) is 25.7. The molecule has 0 heterocycles. The predicted molar refractivity (Wildman–Crippen MR) is 90.2 cm³/mol. The number of rotatable bonds is 9. The second-order valence-electron chi connectivity index (χ2n) is 7.13. The van der Waals surface area contributed by atoms with Crippen molar-refractivity contribution in [2.45, 2.75) is 55.5 Å². The molecule has 0 spiro atoms. The molecule has 0 aromatic carbocycles. The summed E-state index contributed by atoms with van der Waals surface area (Å²) in [5, 5.41) is -14.0. The Morgan fingerprint density at radius 3 is 1.19 bits per heavy atom. The van der Waals surface area contributed by atoms with E-state index in [4.69, 9.17) is 0 Å². The molecule has 0 saturated carbocycles. The third-order valence-electron chi connectivity index (χ3n) is 3.19. The van der Waals surface area contributed by atoms with E-state index in [9.17, 15) is 60.7 Å². The standard InChI is InChI=1S/C9H22N.C4F10NO4S2/c1-5-6-7-8-9-10(2,3)4;5-1(6,7)3(11,12)20(16,17)15-21(18,19)4(13,14)2(8,9)10/h5-9H2,1-4H3;/q+1;-1. The first-order chi connectivity index (χ1) is 13.3.